The summed E-state index contributed by atoms with van der Waals surface area (Å²) in [5.74, 6) is 0.796. The molecule has 0 spiro atoms. The van der Waals surface area contributed by atoms with Crippen molar-refractivity contribution in [2.24, 2.45) is 5.92 Å². The van der Waals surface area contributed by atoms with Crippen molar-refractivity contribution in [1.82, 2.24) is 10.3 Å². The summed E-state index contributed by atoms with van der Waals surface area (Å²) in [6, 6.07) is 10.6. The van der Waals surface area contributed by atoms with Gasteiger partial charge in [-0.15, -0.1) is 0 Å². The Morgan fingerprint density at radius 2 is 2.19 bits per heavy atom. The molecule has 0 aliphatic carbocycles. The number of anilines is 1. The maximum Gasteiger partial charge on any atom is 0.123 e. The Morgan fingerprint density at radius 1 is 1.30 bits per heavy atom. The molecule has 3 N–H and O–H groups in total. The summed E-state index contributed by atoms with van der Waals surface area (Å²) in [5.41, 5.74) is 8.93. The minimum absolute atomic E-state index is 0.204. The second kappa shape index (κ2) is 9.62. The van der Waals surface area contributed by atoms with Gasteiger partial charge < -0.3 is 15.8 Å². The number of nitrogens with zero attached hydrogens (tertiary/aromatic N) is 1. The Bertz CT molecular complexity index is 758. The van der Waals surface area contributed by atoms with Gasteiger partial charge in [-0.2, -0.15) is 0 Å². The van der Waals surface area contributed by atoms with Gasteiger partial charge in [-0.3, -0.25) is 0 Å². The number of nitrogen functional groups attached to an aromatic ring is 1. The lowest BCUT2D eigenvalue weighted by Crippen LogP contribution is -2.25. The highest BCUT2D eigenvalue weighted by Gasteiger charge is 2.28. The number of nitrogens with one attached hydrogen (secondary N) is 1. The van der Waals surface area contributed by atoms with E-state index in [1.54, 1.807) is 6.07 Å². The summed E-state index contributed by atoms with van der Waals surface area (Å²) in [4.78, 5) is 4.45. The van der Waals surface area contributed by atoms with Crippen molar-refractivity contribution in [2.75, 3.05) is 25.4 Å². The van der Waals surface area contributed by atoms with Gasteiger partial charge in [-0.05, 0) is 61.6 Å². The van der Waals surface area contributed by atoms with Crippen molar-refractivity contribution in [2.45, 2.75) is 32.3 Å². The molecule has 3 rings (SSSR count). The van der Waals surface area contributed by atoms with Crippen molar-refractivity contribution >= 4 is 11.9 Å². The molecule has 1 saturated heterocycles. The van der Waals surface area contributed by atoms with E-state index in [4.69, 9.17) is 10.5 Å². The van der Waals surface area contributed by atoms with E-state index >= 15 is 0 Å². The van der Waals surface area contributed by atoms with Crippen LogP contribution in [-0.4, -0.2) is 30.8 Å². The summed E-state index contributed by atoms with van der Waals surface area (Å²) in [6.45, 7) is 4.59. The molecule has 1 aromatic carbocycles. The number of benzene rings is 1. The van der Waals surface area contributed by atoms with Crippen LogP contribution in [0.2, 0.25) is 0 Å². The molecule has 0 radical (unpaired) electrons. The number of hydrogen-bond acceptors (Lipinski definition) is 4. The van der Waals surface area contributed by atoms with Crippen LogP contribution >= 0.6 is 0 Å². The highest BCUT2D eigenvalue weighted by atomic mass is 19.1. The van der Waals surface area contributed by atoms with E-state index in [2.05, 4.69) is 22.4 Å². The van der Waals surface area contributed by atoms with E-state index in [9.17, 15) is 4.39 Å². The predicted molar refractivity (Wildman–Crippen MR) is 108 cm³/mol. The topological polar surface area (TPSA) is 60.2 Å². The monoisotopic (exact) mass is 369 g/mol. The highest BCUT2D eigenvalue weighted by molar-refractivity contribution is 5.48. The van der Waals surface area contributed by atoms with E-state index in [-0.39, 0.29) is 11.9 Å². The van der Waals surface area contributed by atoms with Gasteiger partial charge in [0.25, 0.3) is 0 Å². The first kappa shape index (κ1) is 19.5. The molecule has 4 nitrogen and oxygen atoms in total. The van der Waals surface area contributed by atoms with Gasteiger partial charge >= 0.3 is 0 Å². The Morgan fingerprint density at radius 3 is 3.00 bits per heavy atom. The average molecular weight is 369 g/mol. The first-order valence-electron chi connectivity index (χ1n) is 9.57. The van der Waals surface area contributed by atoms with Crippen LogP contribution in [-0.2, 0) is 11.2 Å². The van der Waals surface area contributed by atoms with E-state index in [0.717, 1.165) is 55.8 Å². The standard InChI is InChI=1S/C22H28FN3O/c1-16-10-20(26-22(24)11-16)13-18-14-25-15-21(18)27-9-4-2-3-6-17-7-5-8-19(23)12-17/h3,5-8,10-12,18,21,25H,2,4,9,13-15H2,1H3,(H2,24,26)/b6-3+/t18-,21?/m1/s1. The van der Waals surface area contributed by atoms with Crippen LogP contribution in [0.15, 0.2) is 42.5 Å². The molecule has 0 bridgehead atoms. The van der Waals surface area contributed by atoms with Crippen LogP contribution in [0.4, 0.5) is 10.2 Å². The predicted octanol–water partition coefficient (Wildman–Crippen LogP) is 3.75. The normalized spacial score (nSPS) is 19.8. The Hall–Kier alpha value is -2.24. The number of aryl methyl sites for hydroxylation is 1. The van der Waals surface area contributed by atoms with Crippen molar-refractivity contribution in [3.8, 4) is 0 Å². The molecule has 2 aromatic rings. The maximum absolute atomic E-state index is 13.1. The number of allylic oxidation sites excluding steroid dienone is 1. The molecule has 27 heavy (non-hydrogen) atoms. The highest BCUT2D eigenvalue weighted by Crippen LogP contribution is 2.19. The van der Waals surface area contributed by atoms with Crippen LogP contribution in [0, 0.1) is 18.7 Å². The fourth-order valence-corrected chi connectivity index (χ4v) is 3.51. The molecule has 1 aromatic heterocycles. The maximum atomic E-state index is 13.1. The average Bonchev–Trinajstić information content (AvgIpc) is 3.04. The van der Waals surface area contributed by atoms with Crippen LogP contribution in [0.3, 0.4) is 0 Å². The lowest BCUT2D eigenvalue weighted by atomic mass is 9.99. The lowest BCUT2D eigenvalue weighted by molar-refractivity contribution is 0.0367. The lowest BCUT2D eigenvalue weighted by Gasteiger charge is -2.19. The molecule has 2 atom stereocenters. The zero-order valence-corrected chi connectivity index (χ0v) is 15.8. The molecule has 0 amide bonds. The van der Waals surface area contributed by atoms with Gasteiger partial charge in [-0.1, -0.05) is 24.3 Å². The molecule has 1 aliphatic rings. The molecular formula is C22H28FN3O. The third-order valence-corrected chi connectivity index (χ3v) is 4.80. The Kier molecular flexibility index (Phi) is 6.96. The van der Waals surface area contributed by atoms with Crippen molar-refractivity contribution < 1.29 is 9.13 Å². The molecule has 1 fully saturated rings. The fourth-order valence-electron chi connectivity index (χ4n) is 3.51. The zero-order chi connectivity index (χ0) is 19.1. The fraction of sp³-hybridized carbons (Fsp3) is 0.409. The third kappa shape index (κ3) is 6.15. The minimum atomic E-state index is -0.204. The van der Waals surface area contributed by atoms with Crippen LogP contribution in [0.25, 0.3) is 6.08 Å². The second-order valence-corrected chi connectivity index (χ2v) is 7.19. The Labute approximate surface area is 160 Å². The number of hydrogen-bond donors (Lipinski definition) is 2. The van der Waals surface area contributed by atoms with E-state index in [1.165, 1.54) is 12.1 Å². The van der Waals surface area contributed by atoms with E-state index in [0.29, 0.717) is 11.7 Å². The smallest absolute Gasteiger partial charge is 0.123 e. The number of aromatic nitrogens is 1. The van der Waals surface area contributed by atoms with Crippen LogP contribution < -0.4 is 11.1 Å². The zero-order valence-electron chi connectivity index (χ0n) is 15.8. The van der Waals surface area contributed by atoms with Crippen molar-refractivity contribution in [3.63, 3.8) is 0 Å². The molecule has 1 aliphatic heterocycles. The van der Waals surface area contributed by atoms with Crippen molar-refractivity contribution in [3.05, 3.63) is 65.1 Å². The minimum Gasteiger partial charge on any atom is -0.384 e. The van der Waals surface area contributed by atoms with E-state index < -0.39 is 0 Å². The summed E-state index contributed by atoms with van der Waals surface area (Å²) in [5, 5.41) is 3.42. The van der Waals surface area contributed by atoms with Gasteiger partial charge in [0.15, 0.2) is 0 Å². The number of unbranched alkanes of at least 4 members (excludes halogenated alkanes) is 1. The molecule has 2 heterocycles. The van der Waals surface area contributed by atoms with Crippen molar-refractivity contribution in [1.29, 1.82) is 0 Å². The first-order valence-corrected chi connectivity index (χ1v) is 9.57. The molecule has 144 valence electrons. The van der Waals surface area contributed by atoms with Crippen LogP contribution in [0.1, 0.15) is 29.7 Å². The summed E-state index contributed by atoms with van der Waals surface area (Å²) < 4.78 is 19.2. The number of ether oxygens (including phenoxy) is 1. The number of halogens is 1. The number of rotatable bonds is 8. The Balaban J connectivity index is 1.41. The number of nitrogens with two attached hydrogens (primary N) is 1. The van der Waals surface area contributed by atoms with Gasteiger partial charge in [0.1, 0.15) is 11.6 Å². The largest absolute Gasteiger partial charge is 0.384 e. The second-order valence-electron chi connectivity index (χ2n) is 7.19. The first-order chi connectivity index (χ1) is 13.1. The summed E-state index contributed by atoms with van der Waals surface area (Å²) in [7, 11) is 0. The van der Waals surface area contributed by atoms with Crippen LogP contribution in [0.5, 0.6) is 0 Å². The van der Waals surface area contributed by atoms with Gasteiger partial charge in [-0.25, -0.2) is 9.37 Å². The summed E-state index contributed by atoms with van der Waals surface area (Å²) >= 11 is 0. The summed E-state index contributed by atoms with van der Waals surface area (Å²) in [6.07, 6.45) is 6.98. The van der Waals surface area contributed by atoms with Gasteiger partial charge in [0.2, 0.25) is 0 Å². The van der Waals surface area contributed by atoms with Gasteiger partial charge in [0.05, 0.1) is 6.10 Å². The third-order valence-electron chi connectivity index (χ3n) is 4.80. The van der Waals surface area contributed by atoms with Gasteiger partial charge in [0, 0.05) is 31.3 Å². The molecule has 5 heteroatoms. The molecular weight excluding hydrogens is 341 g/mol. The molecule has 1 unspecified atom stereocenters. The number of pyridine rings is 1. The SMILES string of the molecule is Cc1cc(N)nc(C[C@@H]2CNCC2OCCC/C=C/c2cccc(F)c2)c1. The van der Waals surface area contributed by atoms with E-state index in [1.807, 2.05) is 25.1 Å². The molecule has 0 saturated carbocycles. The quantitative estimate of drug-likeness (QED) is 0.696.